The fourth-order valence-corrected chi connectivity index (χ4v) is 2.83. The molecule has 0 amide bonds. The van der Waals surface area contributed by atoms with Crippen LogP contribution in [0.15, 0.2) is 5.03 Å². The van der Waals surface area contributed by atoms with E-state index in [1.54, 1.807) is 6.42 Å². The summed E-state index contributed by atoms with van der Waals surface area (Å²) in [4.78, 5) is 0. The molecule has 2 rings (SSSR count). The van der Waals surface area contributed by atoms with Gasteiger partial charge in [0, 0.05) is 17.0 Å². The second-order valence-corrected chi connectivity index (χ2v) is 5.15. The molecule has 0 aliphatic heterocycles. The van der Waals surface area contributed by atoms with Gasteiger partial charge in [0.25, 0.3) is 0 Å². The van der Waals surface area contributed by atoms with Gasteiger partial charge in [0.2, 0.25) is 0 Å². The van der Waals surface area contributed by atoms with E-state index in [9.17, 15) is 0 Å². The Morgan fingerprint density at radius 1 is 0.667 bits per heavy atom. The minimum Gasteiger partial charge on any atom is -0.0868 e. The first-order valence-corrected chi connectivity index (χ1v) is 5.98. The Kier molecular flexibility index (Phi) is 3.39. The first kappa shape index (κ1) is 12.2. The molecule has 0 atom stereocenters. The molecule has 0 unspecified atom stereocenters. The van der Waals surface area contributed by atoms with Crippen molar-refractivity contribution in [1.29, 1.82) is 0 Å². The molecule has 0 nitrogen and oxygen atoms in total. The molecule has 1 aliphatic carbocycles. The summed E-state index contributed by atoms with van der Waals surface area (Å²) in [6.07, 6.45) is 1.61. The van der Waals surface area contributed by atoms with Gasteiger partial charge in [-0.3, -0.25) is 0 Å². The molecule has 1 radical (unpaired) electrons. The van der Waals surface area contributed by atoms with E-state index in [2.05, 4.69) is 0 Å². The van der Waals surface area contributed by atoms with Crippen molar-refractivity contribution in [3.8, 4) is 0 Å². The Labute approximate surface area is 117 Å². The molecular weight excluding hydrogens is 321 g/mol. The Morgan fingerprint density at radius 2 is 1.20 bits per heavy atom. The van der Waals surface area contributed by atoms with Crippen molar-refractivity contribution < 1.29 is 0 Å². The van der Waals surface area contributed by atoms with Crippen LogP contribution in [0.1, 0.15) is 11.1 Å². The highest BCUT2D eigenvalue weighted by Gasteiger charge is 2.28. The first-order chi connectivity index (χ1) is 6.95. The zero-order chi connectivity index (χ0) is 11.3. The van der Waals surface area contributed by atoms with Crippen molar-refractivity contribution in [2.45, 2.75) is 0 Å². The van der Waals surface area contributed by atoms with Gasteiger partial charge in [-0.15, -0.1) is 0 Å². The number of hydrogen-bond acceptors (Lipinski definition) is 0. The molecule has 0 N–H and O–H groups in total. The molecule has 0 heterocycles. The Bertz CT molecular complexity index is 488. The molecular formula is C9HCl6. The standard InChI is InChI=1S/C9HCl6/c10-3-1-2-4(6(3)12)7(13)9(15)8(14)5(2)11/h1H. The van der Waals surface area contributed by atoms with Crippen LogP contribution in [0.4, 0.5) is 0 Å². The molecule has 0 saturated carbocycles. The van der Waals surface area contributed by atoms with E-state index < -0.39 is 0 Å². The smallest absolute Gasteiger partial charge is 0.0800 e. The maximum atomic E-state index is 6.00. The van der Waals surface area contributed by atoms with Crippen LogP contribution in [0, 0.1) is 6.42 Å². The van der Waals surface area contributed by atoms with E-state index in [-0.39, 0.29) is 15.1 Å². The van der Waals surface area contributed by atoms with E-state index in [4.69, 9.17) is 69.6 Å². The minimum absolute atomic E-state index is 0.181. The normalized spacial score (nSPS) is 14.8. The fraction of sp³-hybridized carbons (Fsp3) is 0. The summed E-state index contributed by atoms with van der Waals surface area (Å²) in [7, 11) is 0. The van der Waals surface area contributed by atoms with Gasteiger partial charge in [-0.1, -0.05) is 69.6 Å². The van der Waals surface area contributed by atoms with E-state index >= 15 is 0 Å². The minimum atomic E-state index is 0.181. The number of halogens is 6. The van der Waals surface area contributed by atoms with Crippen molar-refractivity contribution in [1.82, 2.24) is 0 Å². The Hall–Kier alpha value is 0.700. The number of benzene rings is 1. The molecule has 0 fully saturated rings. The van der Waals surface area contributed by atoms with Crippen LogP contribution in [-0.4, -0.2) is 0 Å². The lowest BCUT2D eigenvalue weighted by Crippen LogP contribution is -1.88. The summed E-state index contributed by atoms with van der Waals surface area (Å²) in [5, 5.41) is 1.65. The van der Waals surface area contributed by atoms with Crippen LogP contribution < -0.4 is 0 Å². The van der Waals surface area contributed by atoms with Gasteiger partial charge < -0.3 is 0 Å². The first-order valence-electron chi connectivity index (χ1n) is 3.71. The highest BCUT2D eigenvalue weighted by atomic mass is 35.5. The predicted octanol–water partition coefficient (Wildman–Crippen LogP) is 6.01. The zero-order valence-electron chi connectivity index (χ0n) is 6.85. The molecule has 1 aliphatic rings. The van der Waals surface area contributed by atoms with E-state index in [0.717, 1.165) is 0 Å². The maximum Gasteiger partial charge on any atom is 0.0800 e. The number of hydrogen-bond donors (Lipinski definition) is 0. The highest BCUT2D eigenvalue weighted by Crippen LogP contribution is 2.51. The molecule has 15 heavy (non-hydrogen) atoms. The molecule has 0 aromatic heterocycles. The number of fused-ring (bicyclic) bond motifs is 1. The second kappa shape index (κ2) is 4.18. The molecule has 1 aromatic rings. The molecule has 0 spiro atoms. The topological polar surface area (TPSA) is 0 Å². The van der Waals surface area contributed by atoms with Crippen molar-refractivity contribution in [2.75, 3.05) is 0 Å². The summed E-state index contributed by atoms with van der Waals surface area (Å²) >= 11 is 35.6. The van der Waals surface area contributed by atoms with Crippen LogP contribution in [-0.2, 0) is 0 Å². The van der Waals surface area contributed by atoms with Crippen molar-refractivity contribution in [2.24, 2.45) is 0 Å². The maximum absolute atomic E-state index is 6.00. The van der Waals surface area contributed by atoms with Gasteiger partial charge >= 0.3 is 0 Å². The van der Waals surface area contributed by atoms with Gasteiger partial charge in [-0.25, -0.2) is 0 Å². The van der Waals surface area contributed by atoms with Crippen LogP contribution >= 0.6 is 69.6 Å². The lowest BCUT2D eigenvalue weighted by Gasteiger charge is -2.09. The lowest BCUT2D eigenvalue weighted by atomic mass is 10.1. The SMILES string of the molecule is ClC1=C(Cl)c2c(Cl)c(Cl)c(Cl)c(Cl)c2[CH]1. The number of rotatable bonds is 0. The monoisotopic (exact) mass is 319 g/mol. The third-order valence-corrected chi connectivity index (χ3v) is 4.61. The van der Waals surface area contributed by atoms with Crippen molar-refractivity contribution in [3.63, 3.8) is 0 Å². The second-order valence-electron chi connectivity index (χ2n) is 2.85. The largest absolute Gasteiger partial charge is 0.0868 e. The molecule has 0 bridgehead atoms. The van der Waals surface area contributed by atoms with E-state index in [1.165, 1.54) is 0 Å². The third-order valence-electron chi connectivity index (χ3n) is 2.00. The molecule has 0 saturated heterocycles. The summed E-state index contributed by atoms with van der Waals surface area (Å²) in [5.41, 5.74) is 1.13. The summed E-state index contributed by atoms with van der Waals surface area (Å²) in [5.74, 6) is 0. The number of allylic oxidation sites excluding steroid dienone is 1. The average molecular weight is 322 g/mol. The summed E-state index contributed by atoms with van der Waals surface area (Å²) < 4.78 is 0. The van der Waals surface area contributed by atoms with Gasteiger partial charge in [0.15, 0.2) is 0 Å². The van der Waals surface area contributed by atoms with E-state index in [0.29, 0.717) is 26.2 Å². The zero-order valence-corrected chi connectivity index (χ0v) is 11.4. The summed E-state index contributed by atoms with van der Waals surface area (Å²) in [6, 6.07) is 0. The third kappa shape index (κ3) is 1.76. The van der Waals surface area contributed by atoms with Gasteiger partial charge in [0.05, 0.1) is 25.1 Å². The lowest BCUT2D eigenvalue weighted by molar-refractivity contribution is 1.53. The summed E-state index contributed by atoms with van der Waals surface area (Å²) in [6.45, 7) is 0. The molecule has 6 heteroatoms. The van der Waals surface area contributed by atoms with E-state index in [1.807, 2.05) is 0 Å². The van der Waals surface area contributed by atoms with Crippen LogP contribution in [0.2, 0.25) is 20.1 Å². The highest BCUT2D eigenvalue weighted by molar-refractivity contribution is 6.60. The molecule has 79 valence electrons. The van der Waals surface area contributed by atoms with Crippen LogP contribution in [0.3, 0.4) is 0 Å². The van der Waals surface area contributed by atoms with Crippen LogP contribution in [0.5, 0.6) is 0 Å². The van der Waals surface area contributed by atoms with Crippen molar-refractivity contribution in [3.05, 3.63) is 42.7 Å². The molecule has 1 aromatic carbocycles. The van der Waals surface area contributed by atoms with Gasteiger partial charge in [0.1, 0.15) is 0 Å². The van der Waals surface area contributed by atoms with Gasteiger partial charge in [-0.05, 0) is 5.56 Å². The van der Waals surface area contributed by atoms with Gasteiger partial charge in [-0.2, -0.15) is 0 Å². The predicted molar refractivity (Wildman–Crippen MR) is 68.5 cm³/mol. The Morgan fingerprint density at radius 3 is 1.80 bits per heavy atom. The van der Waals surface area contributed by atoms with Crippen LogP contribution in [0.25, 0.3) is 5.03 Å². The van der Waals surface area contributed by atoms with Crippen molar-refractivity contribution >= 4 is 74.6 Å². The quantitative estimate of drug-likeness (QED) is 0.405. The average Bonchev–Trinajstić information content (AvgIpc) is 2.50. The fourth-order valence-electron chi connectivity index (χ4n) is 1.31. The Balaban J connectivity index is 2.83.